The number of sulfonamides is 1. The molecule has 1 rings (SSSR count). The summed E-state index contributed by atoms with van der Waals surface area (Å²) in [7, 11) is -1.87. The molecule has 16 heavy (non-hydrogen) atoms. The van der Waals surface area contributed by atoms with Crippen LogP contribution in [0.2, 0.25) is 0 Å². The molecule has 6 nitrogen and oxygen atoms in total. The highest BCUT2D eigenvalue weighted by atomic mass is 32.2. The summed E-state index contributed by atoms with van der Waals surface area (Å²) >= 11 is 0. The molecule has 1 heterocycles. The number of hydrogen-bond donors (Lipinski definition) is 3. The zero-order valence-corrected chi connectivity index (χ0v) is 10.4. The van der Waals surface area contributed by atoms with Crippen molar-refractivity contribution in [2.24, 2.45) is 5.92 Å². The second-order valence-electron chi connectivity index (χ2n) is 3.95. The maximum absolute atomic E-state index is 11.7. The van der Waals surface area contributed by atoms with Crippen molar-refractivity contribution in [3.63, 3.8) is 0 Å². The first-order valence-corrected chi connectivity index (χ1v) is 7.04. The Morgan fingerprint density at radius 2 is 2.19 bits per heavy atom. The molecule has 94 valence electrons. The maximum atomic E-state index is 11.7. The van der Waals surface area contributed by atoms with Gasteiger partial charge in [0.1, 0.15) is 0 Å². The Kier molecular flexibility index (Phi) is 4.69. The van der Waals surface area contributed by atoms with E-state index in [0.717, 1.165) is 13.0 Å². The minimum atomic E-state index is -3.23. The normalized spacial score (nSPS) is 25.6. The van der Waals surface area contributed by atoms with Crippen molar-refractivity contribution in [3.05, 3.63) is 0 Å². The lowest BCUT2D eigenvalue weighted by Gasteiger charge is -2.14. The van der Waals surface area contributed by atoms with Crippen LogP contribution in [0, 0.1) is 5.92 Å². The van der Waals surface area contributed by atoms with Crippen LogP contribution in [0.4, 0.5) is 0 Å². The van der Waals surface area contributed by atoms with E-state index in [1.54, 1.807) is 0 Å². The van der Waals surface area contributed by atoms with E-state index in [1.165, 1.54) is 7.05 Å². The molecular weight excluding hydrogens is 230 g/mol. The van der Waals surface area contributed by atoms with Crippen molar-refractivity contribution in [2.75, 3.05) is 25.9 Å². The number of hydrogen-bond acceptors (Lipinski definition) is 4. The van der Waals surface area contributed by atoms with Crippen LogP contribution < -0.4 is 15.4 Å². The van der Waals surface area contributed by atoms with E-state index in [9.17, 15) is 13.2 Å². The lowest BCUT2D eigenvalue weighted by molar-refractivity contribution is -0.124. The highest BCUT2D eigenvalue weighted by Gasteiger charge is 2.29. The third kappa shape index (κ3) is 3.73. The van der Waals surface area contributed by atoms with E-state index in [4.69, 9.17) is 0 Å². The number of rotatable bonds is 5. The molecule has 0 spiro atoms. The summed E-state index contributed by atoms with van der Waals surface area (Å²) in [6.45, 7) is 2.96. The van der Waals surface area contributed by atoms with E-state index in [0.29, 0.717) is 0 Å². The Hall–Kier alpha value is -0.660. The second-order valence-corrected chi connectivity index (χ2v) is 6.00. The van der Waals surface area contributed by atoms with Gasteiger partial charge in [0, 0.05) is 12.6 Å². The summed E-state index contributed by atoms with van der Waals surface area (Å²) in [6.07, 6.45) is 0.811. The minimum Gasteiger partial charge on any atom is -0.355 e. The van der Waals surface area contributed by atoms with Crippen LogP contribution in [0.15, 0.2) is 0 Å². The molecule has 0 aromatic rings. The predicted octanol–water partition coefficient (Wildman–Crippen LogP) is -1.35. The number of nitrogens with one attached hydrogen (secondary N) is 3. The van der Waals surface area contributed by atoms with Crippen molar-refractivity contribution >= 4 is 15.9 Å². The Morgan fingerprint density at radius 3 is 2.69 bits per heavy atom. The van der Waals surface area contributed by atoms with Crippen molar-refractivity contribution in [1.29, 1.82) is 0 Å². The summed E-state index contributed by atoms with van der Waals surface area (Å²) in [5, 5.41) is 5.82. The van der Waals surface area contributed by atoms with Crippen molar-refractivity contribution in [2.45, 2.75) is 19.4 Å². The van der Waals surface area contributed by atoms with Gasteiger partial charge in [0.2, 0.25) is 15.9 Å². The Balaban J connectivity index is 2.30. The topological polar surface area (TPSA) is 87.3 Å². The highest BCUT2D eigenvalue weighted by Crippen LogP contribution is 2.14. The van der Waals surface area contributed by atoms with Crippen molar-refractivity contribution in [1.82, 2.24) is 15.4 Å². The fourth-order valence-corrected chi connectivity index (χ4v) is 2.33. The fourth-order valence-electron chi connectivity index (χ4n) is 1.76. The van der Waals surface area contributed by atoms with Gasteiger partial charge in [-0.1, -0.05) is 0 Å². The van der Waals surface area contributed by atoms with E-state index in [1.807, 2.05) is 6.92 Å². The van der Waals surface area contributed by atoms with Gasteiger partial charge in [0.15, 0.2) is 0 Å². The molecule has 0 aromatic heterocycles. The molecule has 1 fully saturated rings. The molecule has 0 saturated carbocycles. The van der Waals surface area contributed by atoms with Gasteiger partial charge in [-0.2, -0.15) is 0 Å². The SMILES string of the molecule is CNS(=O)(=O)CCNC(=O)C1CCNC1C. The van der Waals surface area contributed by atoms with E-state index >= 15 is 0 Å². The lowest BCUT2D eigenvalue weighted by atomic mass is 10.0. The quantitative estimate of drug-likeness (QED) is 0.562. The lowest BCUT2D eigenvalue weighted by Crippen LogP contribution is -2.39. The summed E-state index contributed by atoms with van der Waals surface area (Å²) in [5.41, 5.74) is 0. The van der Waals surface area contributed by atoms with E-state index in [-0.39, 0.29) is 30.2 Å². The highest BCUT2D eigenvalue weighted by molar-refractivity contribution is 7.89. The fraction of sp³-hybridized carbons (Fsp3) is 0.889. The molecule has 0 aliphatic carbocycles. The van der Waals surface area contributed by atoms with Crippen LogP contribution in [-0.4, -0.2) is 46.3 Å². The van der Waals surface area contributed by atoms with Crippen LogP contribution in [0.5, 0.6) is 0 Å². The van der Waals surface area contributed by atoms with E-state index in [2.05, 4.69) is 15.4 Å². The monoisotopic (exact) mass is 249 g/mol. The van der Waals surface area contributed by atoms with Gasteiger partial charge < -0.3 is 10.6 Å². The second kappa shape index (κ2) is 5.60. The molecule has 1 aliphatic heterocycles. The van der Waals surface area contributed by atoms with Gasteiger partial charge in [-0.3, -0.25) is 4.79 Å². The number of carbonyl (C=O) groups excluding carboxylic acids is 1. The average Bonchev–Trinajstić information content (AvgIpc) is 2.64. The maximum Gasteiger partial charge on any atom is 0.224 e. The van der Waals surface area contributed by atoms with Gasteiger partial charge >= 0.3 is 0 Å². The Labute approximate surface area is 96.2 Å². The summed E-state index contributed by atoms with van der Waals surface area (Å²) in [5.74, 6) is -0.190. The first-order valence-electron chi connectivity index (χ1n) is 5.38. The molecule has 2 unspecified atom stereocenters. The zero-order valence-electron chi connectivity index (χ0n) is 9.62. The largest absolute Gasteiger partial charge is 0.355 e. The Bertz CT molecular complexity index is 342. The zero-order chi connectivity index (χ0) is 12.2. The van der Waals surface area contributed by atoms with Crippen LogP contribution >= 0.6 is 0 Å². The molecule has 0 radical (unpaired) electrons. The average molecular weight is 249 g/mol. The molecule has 7 heteroatoms. The van der Waals surface area contributed by atoms with Gasteiger partial charge in [-0.05, 0) is 26.9 Å². The molecule has 2 atom stereocenters. The van der Waals surface area contributed by atoms with E-state index < -0.39 is 10.0 Å². The van der Waals surface area contributed by atoms with Crippen molar-refractivity contribution in [3.8, 4) is 0 Å². The van der Waals surface area contributed by atoms with Crippen LogP contribution in [-0.2, 0) is 14.8 Å². The van der Waals surface area contributed by atoms with Gasteiger partial charge in [0.25, 0.3) is 0 Å². The molecular formula is C9H19N3O3S. The first kappa shape index (κ1) is 13.4. The summed E-state index contributed by atoms with van der Waals surface area (Å²) in [4.78, 5) is 11.7. The smallest absolute Gasteiger partial charge is 0.224 e. The molecule has 0 bridgehead atoms. The standard InChI is InChI=1S/C9H19N3O3S/c1-7-8(3-4-11-7)9(13)12-5-6-16(14,15)10-2/h7-8,10-11H,3-6H2,1-2H3,(H,12,13). The van der Waals surface area contributed by atoms with Gasteiger partial charge in [-0.15, -0.1) is 0 Å². The van der Waals surface area contributed by atoms with Gasteiger partial charge in [-0.25, -0.2) is 13.1 Å². The number of carbonyl (C=O) groups is 1. The predicted molar refractivity (Wildman–Crippen MR) is 61.4 cm³/mol. The molecule has 1 aliphatic rings. The molecule has 0 aromatic carbocycles. The number of amides is 1. The first-order chi connectivity index (χ1) is 7.46. The third-order valence-corrected chi connectivity index (χ3v) is 4.21. The van der Waals surface area contributed by atoms with Crippen LogP contribution in [0.25, 0.3) is 0 Å². The minimum absolute atomic E-state index is 0.0442. The molecule has 1 amide bonds. The summed E-state index contributed by atoms with van der Waals surface area (Å²) < 4.78 is 24.4. The van der Waals surface area contributed by atoms with Crippen LogP contribution in [0.1, 0.15) is 13.3 Å². The molecule has 1 saturated heterocycles. The summed E-state index contributed by atoms with van der Waals surface area (Å²) in [6, 6.07) is 0.168. The molecule has 3 N–H and O–H groups in total. The van der Waals surface area contributed by atoms with Gasteiger partial charge in [0.05, 0.1) is 11.7 Å². The Morgan fingerprint density at radius 1 is 1.50 bits per heavy atom. The van der Waals surface area contributed by atoms with Crippen molar-refractivity contribution < 1.29 is 13.2 Å². The van der Waals surface area contributed by atoms with Crippen LogP contribution in [0.3, 0.4) is 0 Å². The third-order valence-electron chi connectivity index (χ3n) is 2.84.